The van der Waals surface area contributed by atoms with E-state index in [9.17, 15) is 19.1 Å². The molecule has 2 heterocycles. The number of aliphatic hydroxyl groups is 1. The zero-order chi connectivity index (χ0) is 23.2. The normalized spacial score (nSPS) is 19.6. The van der Waals surface area contributed by atoms with Crippen LogP contribution in [0.25, 0.3) is 6.08 Å². The van der Waals surface area contributed by atoms with E-state index in [-0.39, 0.29) is 5.57 Å². The predicted octanol–water partition coefficient (Wildman–Crippen LogP) is 3.53. The minimum absolute atomic E-state index is 0.0187. The molecule has 7 heteroatoms. The van der Waals surface area contributed by atoms with Crippen LogP contribution in [-0.2, 0) is 14.3 Å². The summed E-state index contributed by atoms with van der Waals surface area (Å²) in [5.41, 5.74) is 1.43. The summed E-state index contributed by atoms with van der Waals surface area (Å²) in [7, 11) is 0. The monoisotopic (exact) mass is 450 g/mol. The number of ether oxygens (including phenoxy) is 1. The van der Waals surface area contributed by atoms with Crippen molar-refractivity contribution in [2.24, 2.45) is 0 Å². The van der Waals surface area contributed by atoms with Crippen LogP contribution in [0, 0.1) is 5.82 Å². The molecule has 0 unspecified atom stereocenters. The van der Waals surface area contributed by atoms with E-state index in [4.69, 9.17) is 4.74 Å². The molecule has 33 heavy (non-hydrogen) atoms. The molecule has 2 aromatic carbocycles. The van der Waals surface area contributed by atoms with Crippen molar-refractivity contribution in [1.29, 1.82) is 0 Å². The molecule has 2 aliphatic heterocycles. The van der Waals surface area contributed by atoms with Crippen molar-refractivity contribution in [1.82, 2.24) is 9.80 Å². The molecule has 0 bridgehead atoms. The van der Waals surface area contributed by atoms with Gasteiger partial charge in [-0.3, -0.25) is 14.5 Å². The number of rotatable bonds is 8. The number of allylic oxidation sites excluding steroid dienone is 1. The first kappa shape index (κ1) is 22.9. The topological polar surface area (TPSA) is 70.1 Å². The molecule has 4 rings (SSSR count). The van der Waals surface area contributed by atoms with Crippen molar-refractivity contribution in [3.05, 3.63) is 88.9 Å². The maximum atomic E-state index is 13.6. The molecule has 6 nitrogen and oxygen atoms in total. The van der Waals surface area contributed by atoms with Crippen LogP contribution >= 0.6 is 0 Å². The average Bonchev–Trinajstić information content (AvgIpc) is 3.09. The molecule has 0 saturated carbocycles. The van der Waals surface area contributed by atoms with Crippen LogP contribution in [-0.4, -0.2) is 66.0 Å². The van der Waals surface area contributed by atoms with Crippen LogP contribution in [0.4, 0.5) is 4.39 Å². The Morgan fingerprint density at radius 3 is 2.45 bits per heavy atom. The largest absolute Gasteiger partial charge is 0.503 e. The lowest BCUT2D eigenvalue weighted by molar-refractivity contribution is -0.129. The van der Waals surface area contributed by atoms with E-state index in [1.165, 1.54) is 23.1 Å². The Balaban J connectivity index is 1.56. The highest BCUT2D eigenvalue weighted by Gasteiger charge is 2.42. The summed E-state index contributed by atoms with van der Waals surface area (Å²) in [6.07, 6.45) is 3.69. The molecule has 1 atom stereocenters. The Labute approximate surface area is 192 Å². The molecule has 0 aromatic heterocycles. The Hall–Kier alpha value is -3.29. The number of amides is 1. The third-order valence-electron chi connectivity index (χ3n) is 5.96. The Kier molecular flexibility index (Phi) is 7.32. The fourth-order valence-corrected chi connectivity index (χ4v) is 4.24. The van der Waals surface area contributed by atoms with Gasteiger partial charge < -0.3 is 14.7 Å². The van der Waals surface area contributed by atoms with Gasteiger partial charge in [0.1, 0.15) is 5.82 Å². The smallest absolute Gasteiger partial charge is 0.290 e. The molecule has 0 spiro atoms. The van der Waals surface area contributed by atoms with Crippen LogP contribution < -0.4 is 0 Å². The van der Waals surface area contributed by atoms with E-state index in [1.54, 1.807) is 18.2 Å². The minimum atomic E-state index is -0.768. The van der Waals surface area contributed by atoms with E-state index in [0.29, 0.717) is 31.7 Å². The Bertz CT molecular complexity index is 1040. The number of hydrogen-bond acceptors (Lipinski definition) is 5. The molecule has 1 amide bonds. The number of carbonyl (C=O) groups excluding carboxylic acids is 2. The van der Waals surface area contributed by atoms with Crippen molar-refractivity contribution in [2.75, 3.05) is 39.4 Å². The average molecular weight is 451 g/mol. The highest BCUT2D eigenvalue weighted by molar-refractivity contribution is 6.14. The van der Waals surface area contributed by atoms with Gasteiger partial charge in [-0.25, -0.2) is 4.39 Å². The first-order valence-corrected chi connectivity index (χ1v) is 11.1. The maximum absolute atomic E-state index is 13.6. The summed E-state index contributed by atoms with van der Waals surface area (Å²) in [5.74, 6) is -1.98. The van der Waals surface area contributed by atoms with Crippen molar-refractivity contribution in [2.45, 2.75) is 12.5 Å². The molecule has 2 aliphatic rings. The lowest BCUT2D eigenvalue weighted by Gasteiger charge is -2.29. The van der Waals surface area contributed by atoms with Gasteiger partial charge in [-0.2, -0.15) is 0 Å². The van der Waals surface area contributed by atoms with Crippen molar-refractivity contribution < 1.29 is 23.8 Å². The van der Waals surface area contributed by atoms with Crippen LogP contribution in [0.2, 0.25) is 0 Å². The summed E-state index contributed by atoms with van der Waals surface area (Å²) in [4.78, 5) is 29.8. The third kappa shape index (κ3) is 5.38. The summed E-state index contributed by atoms with van der Waals surface area (Å²) >= 11 is 0. The van der Waals surface area contributed by atoms with Crippen LogP contribution in [0.5, 0.6) is 0 Å². The molecule has 1 saturated heterocycles. The second-order valence-corrected chi connectivity index (χ2v) is 8.13. The second kappa shape index (κ2) is 10.6. The minimum Gasteiger partial charge on any atom is -0.503 e. The van der Waals surface area contributed by atoms with E-state index in [1.807, 2.05) is 30.3 Å². The van der Waals surface area contributed by atoms with E-state index in [0.717, 1.165) is 25.2 Å². The van der Waals surface area contributed by atoms with E-state index in [2.05, 4.69) is 4.90 Å². The van der Waals surface area contributed by atoms with Crippen molar-refractivity contribution >= 4 is 17.8 Å². The van der Waals surface area contributed by atoms with Crippen LogP contribution in [0.1, 0.15) is 23.6 Å². The zero-order valence-corrected chi connectivity index (χ0v) is 18.3. The first-order valence-electron chi connectivity index (χ1n) is 11.1. The van der Waals surface area contributed by atoms with Gasteiger partial charge in [-0.05, 0) is 35.8 Å². The first-order chi connectivity index (χ1) is 16.0. The number of carbonyl (C=O) groups is 2. The highest BCUT2D eigenvalue weighted by atomic mass is 19.1. The van der Waals surface area contributed by atoms with Gasteiger partial charge in [0.2, 0.25) is 0 Å². The number of morpholine rings is 1. The standard InChI is InChI=1S/C26H27FN2O4/c27-21-10-8-20(9-11-21)24-23(22(30)12-7-19-5-2-1-3-6-19)25(31)26(32)29(24)14-4-13-28-15-17-33-18-16-28/h1-3,5-12,24,31H,4,13-18H2/b12-7+/t24-/m0/s1. The van der Waals surface area contributed by atoms with Gasteiger partial charge in [0.25, 0.3) is 5.91 Å². The lowest BCUT2D eigenvalue weighted by atomic mass is 9.95. The van der Waals surface area contributed by atoms with Gasteiger partial charge >= 0.3 is 0 Å². The van der Waals surface area contributed by atoms with Gasteiger partial charge in [0.15, 0.2) is 11.5 Å². The number of ketones is 1. The van der Waals surface area contributed by atoms with Crippen LogP contribution in [0.3, 0.4) is 0 Å². The number of nitrogens with zero attached hydrogens (tertiary/aromatic N) is 2. The van der Waals surface area contributed by atoms with E-state index < -0.39 is 29.3 Å². The predicted molar refractivity (Wildman–Crippen MR) is 123 cm³/mol. The Morgan fingerprint density at radius 2 is 1.76 bits per heavy atom. The van der Waals surface area contributed by atoms with Gasteiger partial charge in [-0.15, -0.1) is 0 Å². The number of benzene rings is 2. The SMILES string of the molecule is O=C(/C=C/c1ccccc1)C1=C(O)C(=O)N(CCCN2CCOCC2)[C@H]1c1ccc(F)cc1. The number of aliphatic hydroxyl groups excluding tert-OH is 1. The summed E-state index contributed by atoms with van der Waals surface area (Å²) in [5, 5.41) is 10.7. The Morgan fingerprint density at radius 1 is 1.06 bits per heavy atom. The molecule has 2 aromatic rings. The second-order valence-electron chi connectivity index (χ2n) is 8.13. The van der Waals surface area contributed by atoms with Crippen LogP contribution in [0.15, 0.2) is 72.0 Å². The molecular weight excluding hydrogens is 423 g/mol. The zero-order valence-electron chi connectivity index (χ0n) is 18.3. The fraction of sp³-hybridized carbons (Fsp3) is 0.308. The van der Waals surface area contributed by atoms with Gasteiger partial charge in [-0.1, -0.05) is 48.5 Å². The summed E-state index contributed by atoms with van der Waals surface area (Å²) in [6, 6.07) is 14.2. The fourth-order valence-electron chi connectivity index (χ4n) is 4.24. The van der Waals surface area contributed by atoms with Gasteiger partial charge in [0.05, 0.1) is 24.8 Å². The molecular formula is C26H27FN2O4. The number of halogens is 1. The summed E-state index contributed by atoms with van der Waals surface area (Å²) < 4.78 is 18.9. The highest BCUT2D eigenvalue weighted by Crippen LogP contribution is 2.38. The molecule has 1 fully saturated rings. The molecule has 172 valence electrons. The quantitative estimate of drug-likeness (QED) is 0.623. The maximum Gasteiger partial charge on any atom is 0.290 e. The summed E-state index contributed by atoms with van der Waals surface area (Å²) in [6.45, 7) is 4.20. The third-order valence-corrected chi connectivity index (χ3v) is 5.96. The van der Waals surface area contributed by atoms with Crippen molar-refractivity contribution in [3.63, 3.8) is 0 Å². The van der Waals surface area contributed by atoms with E-state index >= 15 is 0 Å². The molecule has 0 radical (unpaired) electrons. The molecule has 1 N–H and O–H groups in total. The van der Waals surface area contributed by atoms with Gasteiger partial charge in [0, 0.05) is 26.2 Å². The van der Waals surface area contributed by atoms with Crippen molar-refractivity contribution in [3.8, 4) is 0 Å². The number of hydrogen-bond donors (Lipinski definition) is 1. The molecule has 0 aliphatic carbocycles. The lowest BCUT2D eigenvalue weighted by Crippen LogP contribution is -2.39.